The number of aldehydes is 1. The molecule has 19 heavy (non-hydrogen) atoms. The highest BCUT2D eigenvalue weighted by atomic mass is 35.5. The van der Waals surface area contributed by atoms with Crippen molar-refractivity contribution in [1.29, 1.82) is 0 Å². The van der Waals surface area contributed by atoms with Crippen molar-refractivity contribution in [2.24, 2.45) is 0 Å². The lowest BCUT2D eigenvalue weighted by Crippen LogP contribution is -2.01. The van der Waals surface area contributed by atoms with Crippen LogP contribution in [-0.4, -0.2) is 6.29 Å². The highest BCUT2D eigenvalue weighted by molar-refractivity contribution is 6.33. The lowest BCUT2D eigenvalue weighted by molar-refractivity contribution is 0.112. The van der Waals surface area contributed by atoms with Gasteiger partial charge in [0.15, 0.2) is 6.29 Å². The van der Waals surface area contributed by atoms with Gasteiger partial charge in [-0.25, -0.2) is 0 Å². The van der Waals surface area contributed by atoms with Gasteiger partial charge in [-0.2, -0.15) is 0 Å². The Morgan fingerprint density at radius 2 is 2.00 bits per heavy atom. The molecule has 2 aromatic rings. The number of carbonyl (C=O) groups is 1. The van der Waals surface area contributed by atoms with Gasteiger partial charge in [-0.1, -0.05) is 35.9 Å². The molecule has 3 heteroatoms. The predicted molar refractivity (Wildman–Crippen MR) is 77.1 cm³/mol. The van der Waals surface area contributed by atoms with E-state index in [1.165, 1.54) is 0 Å². The molecule has 0 amide bonds. The van der Waals surface area contributed by atoms with Gasteiger partial charge in [-0.05, 0) is 37.1 Å². The minimum atomic E-state index is 0.332. The molecule has 0 saturated carbocycles. The second-order valence-corrected chi connectivity index (χ2v) is 4.90. The van der Waals surface area contributed by atoms with Crippen LogP contribution in [0.1, 0.15) is 27.0 Å². The fourth-order valence-electron chi connectivity index (χ4n) is 1.86. The molecule has 0 aliphatic rings. The normalized spacial score (nSPS) is 10.3. The van der Waals surface area contributed by atoms with Gasteiger partial charge in [0.1, 0.15) is 12.4 Å². The van der Waals surface area contributed by atoms with Crippen LogP contribution in [0.5, 0.6) is 5.75 Å². The van der Waals surface area contributed by atoms with E-state index in [0.717, 1.165) is 28.7 Å². The topological polar surface area (TPSA) is 26.3 Å². The van der Waals surface area contributed by atoms with Gasteiger partial charge in [-0.15, -0.1) is 0 Å². The van der Waals surface area contributed by atoms with Crippen molar-refractivity contribution in [3.63, 3.8) is 0 Å². The van der Waals surface area contributed by atoms with E-state index in [0.29, 0.717) is 17.2 Å². The van der Waals surface area contributed by atoms with E-state index in [9.17, 15) is 4.79 Å². The highest BCUT2D eigenvalue weighted by Gasteiger charge is 2.07. The number of benzene rings is 2. The molecule has 0 aromatic heterocycles. The van der Waals surface area contributed by atoms with Crippen LogP contribution in [0.2, 0.25) is 5.02 Å². The molecule has 2 nitrogen and oxygen atoms in total. The molecule has 0 N–H and O–H groups in total. The van der Waals surface area contributed by atoms with Crippen molar-refractivity contribution in [3.05, 3.63) is 63.7 Å². The fraction of sp³-hybridized carbons (Fsp3) is 0.188. The van der Waals surface area contributed by atoms with E-state index in [1.807, 2.05) is 44.2 Å². The number of carbonyl (C=O) groups excluding carboxylic acids is 1. The van der Waals surface area contributed by atoms with E-state index in [1.54, 1.807) is 6.07 Å². The van der Waals surface area contributed by atoms with Crippen LogP contribution in [0, 0.1) is 13.8 Å². The molecule has 0 aliphatic heterocycles. The summed E-state index contributed by atoms with van der Waals surface area (Å²) in [4.78, 5) is 11.0. The van der Waals surface area contributed by atoms with Crippen molar-refractivity contribution in [1.82, 2.24) is 0 Å². The smallest absolute Gasteiger partial charge is 0.151 e. The zero-order valence-corrected chi connectivity index (χ0v) is 11.7. The van der Waals surface area contributed by atoms with Crippen molar-refractivity contribution >= 4 is 17.9 Å². The summed E-state index contributed by atoms with van der Waals surface area (Å²) in [7, 11) is 0. The lowest BCUT2D eigenvalue weighted by atomic mass is 10.1. The zero-order valence-electron chi connectivity index (χ0n) is 10.9. The number of halogens is 1. The van der Waals surface area contributed by atoms with E-state index in [-0.39, 0.29) is 0 Å². The van der Waals surface area contributed by atoms with Crippen LogP contribution >= 0.6 is 11.6 Å². The summed E-state index contributed by atoms with van der Waals surface area (Å²) < 4.78 is 5.78. The number of rotatable bonds is 4. The molecule has 0 bridgehead atoms. The molecular weight excluding hydrogens is 260 g/mol. The average molecular weight is 275 g/mol. The summed E-state index contributed by atoms with van der Waals surface area (Å²) in [6.07, 6.45) is 0.768. The van der Waals surface area contributed by atoms with E-state index >= 15 is 0 Å². The van der Waals surface area contributed by atoms with E-state index in [2.05, 4.69) is 0 Å². The molecule has 2 aromatic carbocycles. The summed E-state index contributed by atoms with van der Waals surface area (Å²) >= 11 is 5.98. The van der Waals surface area contributed by atoms with Crippen LogP contribution < -0.4 is 4.74 Å². The molecule has 0 atom stereocenters. The van der Waals surface area contributed by atoms with Gasteiger partial charge in [0.05, 0.1) is 5.02 Å². The van der Waals surface area contributed by atoms with Crippen molar-refractivity contribution in [2.45, 2.75) is 20.5 Å². The van der Waals surface area contributed by atoms with Gasteiger partial charge < -0.3 is 4.74 Å². The SMILES string of the molecule is Cc1ccc(C)c(OCc2cccc(Cl)c2C=O)c1. The second-order valence-electron chi connectivity index (χ2n) is 4.49. The zero-order chi connectivity index (χ0) is 13.8. The van der Waals surface area contributed by atoms with E-state index < -0.39 is 0 Å². The Bertz CT molecular complexity index is 606. The Morgan fingerprint density at radius 3 is 2.74 bits per heavy atom. The standard InChI is InChI=1S/C16H15ClO2/c1-11-6-7-12(2)16(8-11)19-10-13-4-3-5-15(17)14(13)9-18/h3-9H,10H2,1-2H3. The summed E-state index contributed by atoms with van der Waals surface area (Å²) in [6, 6.07) is 11.4. The Kier molecular flexibility index (Phi) is 4.23. The molecular formula is C16H15ClO2. The largest absolute Gasteiger partial charge is 0.489 e. The summed E-state index contributed by atoms with van der Waals surface area (Å²) in [6.45, 7) is 4.34. The first kappa shape index (κ1) is 13.6. The van der Waals surface area contributed by atoms with Crippen molar-refractivity contribution < 1.29 is 9.53 Å². The van der Waals surface area contributed by atoms with Gasteiger partial charge in [0.25, 0.3) is 0 Å². The minimum absolute atomic E-state index is 0.332. The quantitative estimate of drug-likeness (QED) is 0.775. The first-order chi connectivity index (χ1) is 9.11. The molecule has 0 radical (unpaired) electrons. The highest BCUT2D eigenvalue weighted by Crippen LogP contribution is 2.23. The van der Waals surface area contributed by atoms with Crippen LogP contribution in [0.25, 0.3) is 0 Å². The molecule has 0 spiro atoms. The number of hydrogen-bond donors (Lipinski definition) is 0. The van der Waals surface area contributed by atoms with Crippen molar-refractivity contribution in [2.75, 3.05) is 0 Å². The van der Waals surface area contributed by atoms with Crippen LogP contribution in [-0.2, 0) is 6.61 Å². The summed E-state index contributed by atoms with van der Waals surface area (Å²) in [5.74, 6) is 0.830. The van der Waals surface area contributed by atoms with Crippen molar-refractivity contribution in [3.8, 4) is 5.75 Å². The van der Waals surface area contributed by atoms with Gasteiger partial charge in [0.2, 0.25) is 0 Å². The van der Waals surface area contributed by atoms with Crippen LogP contribution in [0.3, 0.4) is 0 Å². The molecule has 0 saturated heterocycles. The minimum Gasteiger partial charge on any atom is -0.489 e. The Balaban J connectivity index is 2.21. The Labute approximate surface area is 118 Å². The molecule has 0 unspecified atom stereocenters. The maximum absolute atomic E-state index is 11.0. The van der Waals surface area contributed by atoms with Gasteiger partial charge >= 0.3 is 0 Å². The first-order valence-electron chi connectivity index (χ1n) is 6.04. The maximum atomic E-state index is 11.0. The molecule has 0 fully saturated rings. The Morgan fingerprint density at radius 1 is 1.21 bits per heavy atom. The first-order valence-corrected chi connectivity index (χ1v) is 6.42. The van der Waals surface area contributed by atoms with Gasteiger partial charge in [-0.3, -0.25) is 4.79 Å². The molecule has 0 heterocycles. The number of hydrogen-bond acceptors (Lipinski definition) is 2. The number of aryl methyl sites for hydroxylation is 2. The maximum Gasteiger partial charge on any atom is 0.151 e. The number of ether oxygens (including phenoxy) is 1. The summed E-state index contributed by atoms with van der Waals surface area (Å²) in [5.41, 5.74) is 3.50. The van der Waals surface area contributed by atoms with Crippen LogP contribution in [0.4, 0.5) is 0 Å². The second kappa shape index (κ2) is 5.89. The molecule has 98 valence electrons. The lowest BCUT2D eigenvalue weighted by Gasteiger charge is -2.11. The molecule has 0 aliphatic carbocycles. The predicted octanol–water partition coefficient (Wildman–Crippen LogP) is 4.35. The van der Waals surface area contributed by atoms with Crippen LogP contribution in [0.15, 0.2) is 36.4 Å². The molecule has 2 rings (SSSR count). The van der Waals surface area contributed by atoms with Gasteiger partial charge in [0, 0.05) is 11.1 Å². The van der Waals surface area contributed by atoms with E-state index in [4.69, 9.17) is 16.3 Å². The average Bonchev–Trinajstić information content (AvgIpc) is 2.40. The Hall–Kier alpha value is -1.80. The third kappa shape index (κ3) is 3.15. The third-order valence-electron chi connectivity index (χ3n) is 2.99. The third-order valence-corrected chi connectivity index (χ3v) is 3.32. The fourth-order valence-corrected chi connectivity index (χ4v) is 2.10. The summed E-state index contributed by atoms with van der Waals surface area (Å²) in [5, 5.41) is 0.456. The monoisotopic (exact) mass is 274 g/mol.